The van der Waals surface area contributed by atoms with Crippen molar-refractivity contribution in [2.75, 3.05) is 27.4 Å². The zero-order valence-electron chi connectivity index (χ0n) is 26.4. The van der Waals surface area contributed by atoms with E-state index in [2.05, 4.69) is 46.4 Å². The molecule has 0 aliphatic carbocycles. The van der Waals surface area contributed by atoms with Gasteiger partial charge in [-0.15, -0.1) is 0 Å². The van der Waals surface area contributed by atoms with Gasteiger partial charge in [-0.1, -0.05) is 72.8 Å². The van der Waals surface area contributed by atoms with Gasteiger partial charge < -0.3 is 18.9 Å². The molecule has 2 atom stereocenters. The Bertz CT molecular complexity index is 1270. The van der Waals surface area contributed by atoms with Crippen molar-refractivity contribution < 1.29 is 18.9 Å². The molecule has 0 amide bonds. The lowest BCUT2D eigenvalue weighted by Crippen LogP contribution is -2.12. The number of ether oxygens (including phenoxy) is 4. The lowest BCUT2D eigenvalue weighted by atomic mass is 9.97. The number of nitriles is 2. The van der Waals surface area contributed by atoms with E-state index >= 15 is 0 Å². The van der Waals surface area contributed by atoms with Crippen molar-refractivity contribution in [2.45, 2.75) is 79.1 Å². The summed E-state index contributed by atoms with van der Waals surface area (Å²) in [5, 5.41) is 19.9. The summed E-state index contributed by atoms with van der Waals surface area (Å²) >= 11 is 0. The lowest BCUT2D eigenvalue weighted by Gasteiger charge is -2.20. The number of nitrogens with zero attached hydrogens (tertiary/aromatic N) is 2. The summed E-state index contributed by atoms with van der Waals surface area (Å²) in [5.41, 5.74) is 2.48. The first-order valence-corrected chi connectivity index (χ1v) is 15.3. The zero-order chi connectivity index (χ0) is 30.9. The third-order valence-electron chi connectivity index (χ3n) is 7.72. The fourth-order valence-corrected chi connectivity index (χ4v) is 4.81. The molecule has 0 heterocycles. The number of unbranched alkanes of at least 4 members (excludes halogenated alkanes) is 2. The van der Waals surface area contributed by atoms with E-state index in [-0.39, 0.29) is 5.57 Å². The molecule has 2 aromatic carbocycles. The fourth-order valence-electron chi connectivity index (χ4n) is 4.81. The van der Waals surface area contributed by atoms with Gasteiger partial charge in [0.25, 0.3) is 0 Å². The maximum absolute atomic E-state index is 10.4. The lowest BCUT2D eigenvalue weighted by molar-refractivity contribution is 0.232. The molecule has 226 valence electrons. The third kappa shape index (κ3) is 9.88. The van der Waals surface area contributed by atoms with Gasteiger partial charge in [0.15, 0.2) is 0 Å². The Balaban J connectivity index is 2.56. The Kier molecular flexibility index (Phi) is 15.1. The first-order valence-electron chi connectivity index (χ1n) is 15.3. The summed E-state index contributed by atoms with van der Waals surface area (Å²) in [4.78, 5) is 0. The minimum atomic E-state index is 0.264. The number of benzene rings is 2. The van der Waals surface area contributed by atoms with Crippen molar-refractivity contribution in [1.29, 1.82) is 10.5 Å². The first kappa shape index (κ1) is 34.3. The Morgan fingerprint density at radius 2 is 1.38 bits per heavy atom. The Morgan fingerprint density at radius 3 is 1.90 bits per heavy atom. The van der Waals surface area contributed by atoms with Crippen LogP contribution in [0.25, 0.3) is 17.2 Å². The zero-order valence-corrected chi connectivity index (χ0v) is 26.4. The van der Waals surface area contributed by atoms with E-state index in [0.717, 1.165) is 49.8 Å². The van der Waals surface area contributed by atoms with Crippen LogP contribution in [-0.2, 0) is 0 Å². The second-order valence-electron chi connectivity index (χ2n) is 10.7. The summed E-state index contributed by atoms with van der Waals surface area (Å²) in [5.74, 6) is 3.20. The highest BCUT2D eigenvalue weighted by Gasteiger charge is 2.19. The molecule has 6 nitrogen and oxygen atoms in total. The van der Waals surface area contributed by atoms with Crippen LogP contribution in [-0.4, -0.2) is 27.4 Å². The number of hydrogen-bond donors (Lipinski definition) is 0. The second kappa shape index (κ2) is 18.5. The van der Waals surface area contributed by atoms with E-state index in [1.165, 1.54) is 20.0 Å². The highest BCUT2D eigenvalue weighted by Crippen LogP contribution is 2.38. The molecule has 0 spiro atoms. The second-order valence-corrected chi connectivity index (χ2v) is 10.7. The van der Waals surface area contributed by atoms with Crippen LogP contribution < -0.4 is 18.9 Å². The van der Waals surface area contributed by atoms with E-state index in [1.54, 1.807) is 25.3 Å². The summed E-state index contributed by atoms with van der Waals surface area (Å²) in [6, 6.07) is 13.6. The molecule has 2 aromatic rings. The molecule has 0 aliphatic heterocycles. The molecule has 6 heteroatoms. The number of rotatable bonds is 19. The van der Waals surface area contributed by atoms with Gasteiger partial charge in [0.2, 0.25) is 0 Å². The van der Waals surface area contributed by atoms with Gasteiger partial charge in [0, 0.05) is 16.7 Å². The van der Waals surface area contributed by atoms with E-state index in [0.29, 0.717) is 59.0 Å². The normalized spacial score (nSPS) is 12.5. The molecule has 0 saturated heterocycles. The Labute approximate surface area is 253 Å². The molecule has 0 aromatic heterocycles. The van der Waals surface area contributed by atoms with Crippen molar-refractivity contribution in [3.05, 3.63) is 53.6 Å². The summed E-state index contributed by atoms with van der Waals surface area (Å²) < 4.78 is 23.8. The van der Waals surface area contributed by atoms with Gasteiger partial charge in [-0.2, -0.15) is 10.5 Å². The topological polar surface area (TPSA) is 84.5 Å². The fraction of sp³-hybridized carbons (Fsp3) is 0.500. The average Bonchev–Trinajstić information content (AvgIpc) is 3.03. The number of methoxy groups -OCH3 is 2. The molecule has 0 radical (unpaired) electrons. The SMILES string of the molecule is C=C(C#N)c1cc(OCC(CC)CCCC)c(/C(C#N)=C/c2cc(OCC(CC)CCCC)ccc2OC)cc1OC. The van der Waals surface area contributed by atoms with Gasteiger partial charge >= 0.3 is 0 Å². The highest BCUT2D eigenvalue weighted by molar-refractivity contribution is 5.94. The van der Waals surface area contributed by atoms with E-state index in [9.17, 15) is 10.5 Å². The summed E-state index contributed by atoms with van der Waals surface area (Å²) in [7, 11) is 3.15. The first-order chi connectivity index (χ1) is 20.4. The quantitative estimate of drug-likeness (QED) is 0.123. The molecule has 0 aliphatic rings. The van der Waals surface area contributed by atoms with E-state index in [4.69, 9.17) is 18.9 Å². The predicted octanol–water partition coefficient (Wildman–Crippen LogP) is 9.50. The minimum Gasteiger partial charge on any atom is -0.496 e. The maximum atomic E-state index is 10.4. The molecule has 0 saturated carbocycles. The molecular formula is C36H48N2O4. The molecule has 42 heavy (non-hydrogen) atoms. The predicted molar refractivity (Wildman–Crippen MR) is 172 cm³/mol. The smallest absolute Gasteiger partial charge is 0.128 e. The standard InChI is InChI=1S/C36H48N2O4/c1-8-12-14-27(10-3)24-41-31-16-17-34(39-6)29(19-31)18-30(23-38)33-21-35(40-7)32(26(5)22-37)20-36(33)42-25-28(11-4)15-13-9-2/h16-21,27-28H,5,8-15,24-25H2,1-4,6-7H3/b30-18+. The largest absolute Gasteiger partial charge is 0.496 e. The molecule has 0 N–H and O–H groups in total. The summed E-state index contributed by atoms with van der Waals surface area (Å²) in [6.45, 7) is 13.8. The van der Waals surface area contributed by atoms with Crippen molar-refractivity contribution in [3.8, 4) is 35.1 Å². The Morgan fingerprint density at radius 1 is 0.786 bits per heavy atom. The maximum Gasteiger partial charge on any atom is 0.128 e. The average molecular weight is 573 g/mol. The van der Waals surface area contributed by atoms with Crippen LogP contribution in [0.15, 0.2) is 36.9 Å². The van der Waals surface area contributed by atoms with Gasteiger partial charge in [0.1, 0.15) is 23.0 Å². The Hall–Kier alpha value is -3.90. The van der Waals surface area contributed by atoms with Gasteiger partial charge in [0.05, 0.1) is 50.7 Å². The highest BCUT2D eigenvalue weighted by atomic mass is 16.5. The van der Waals surface area contributed by atoms with Crippen molar-refractivity contribution in [2.24, 2.45) is 11.8 Å². The van der Waals surface area contributed by atoms with Gasteiger partial charge in [-0.25, -0.2) is 0 Å². The number of allylic oxidation sites excluding steroid dienone is 2. The molecular weight excluding hydrogens is 524 g/mol. The monoisotopic (exact) mass is 572 g/mol. The summed E-state index contributed by atoms with van der Waals surface area (Å²) in [6.07, 6.45) is 10.7. The van der Waals surface area contributed by atoms with Gasteiger partial charge in [-0.05, 0) is 61.1 Å². The van der Waals surface area contributed by atoms with Crippen LogP contribution in [0.3, 0.4) is 0 Å². The van der Waals surface area contributed by atoms with Crippen LogP contribution in [0, 0.1) is 34.5 Å². The van der Waals surface area contributed by atoms with E-state index < -0.39 is 0 Å². The van der Waals surface area contributed by atoms with Crippen LogP contribution in [0.2, 0.25) is 0 Å². The third-order valence-corrected chi connectivity index (χ3v) is 7.72. The minimum absolute atomic E-state index is 0.264. The van der Waals surface area contributed by atoms with Crippen molar-refractivity contribution in [1.82, 2.24) is 0 Å². The van der Waals surface area contributed by atoms with Crippen molar-refractivity contribution >= 4 is 17.2 Å². The van der Waals surface area contributed by atoms with Crippen molar-refractivity contribution in [3.63, 3.8) is 0 Å². The molecule has 2 rings (SSSR count). The molecule has 2 unspecified atom stereocenters. The van der Waals surface area contributed by atoms with Crippen LogP contribution in [0.1, 0.15) is 95.8 Å². The number of hydrogen-bond acceptors (Lipinski definition) is 6. The molecule has 0 fully saturated rings. The van der Waals surface area contributed by atoms with Crippen LogP contribution in [0.5, 0.6) is 23.0 Å². The van der Waals surface area contributed by atoms with Crippen LogP contribution >= 0.6 is 0 Å². The van der Waals surface area contributed by atoms with Crippen LogP contribution in [0.4, 0.5) is 0 Å². The van der Waals surface area contributed by atoms with E-state index in [1.807, 2.05) is 18.2 Å². The molecule has 0 bridgehead atoms. The van der Waals surface area contributed by atoms with Gasteiger partial charge in [-0.3, -0.25) is 0 Å².